The number of amides is 6. The first-order valence-corrected chi connectivity index (χ1v) is 27.6. The number of imide groups is 2. The minimum Gasteiger partial charge on any atom is -0.382 e. The van der Waals surface area contributed by atoms with Crippen LogP contribution in [-0.2, 0) is 58.9 Å². The zero-order valence-corrected chi connectivity index (χ0v) is 46.1. The molecule has 0 spiro atoms. The fourth-order valence-electron chi connectivity index (χ4n) is 8.87. The maximum absolute atomic E-state index is 13.6. The van der Waals surface area contributed by atoms with Crippen molar-refractivity contribution >= 4 is 46.9 Å². The van der Waals surface area contributed by atoms with Crippen LogP contribution in [0.3, 0.4) is 0 Å². The maximum Gasteiger partial charge on any atom is 0.264 e. The van der Waals surface area contributed by atoms with Crippen LogP contribution in [0.2, 0.25) is 0 Å². The second-order valence-corrected chi connectivity index (χ2v) is 19.1. The molecule has 0 radical (unpaired) electrons. The standard InChI is InChI=1S/C59H72N10O13/c1-42(44-14-12-43(37-60)13-15-44)38-64-55(45-7-3-2-4-8-45)57(73)66-51-18-16-46(39-63-51)47-40-65-68(41-47)22-6-11-52(70)62-21-24-77-26-28-79-30-32-81-34-36-82-35-33-80-31-29-78-27-25-76-23-20-61-49-10-5-9-48-54(49)59(75)69(58(48)74)50-17-19-53(71)67-56(50)72/h2-5,7-10,12-16,18,39-42,50,55,61,64H,6,11,17,19-36,38H2,1H3,(H,62,70)(H,63,66,73)(H,67,71,72)/t42-,50?,55-/m1/s1. The van der Waals surface area contributed by atoms with Crippen molar-refractivity contribution < 1.29 is 61.9 Å². The number of pyridine rings is 1. The van der Waals surface area contributed by atoms with Crippen molar-refractivity contribution in [2.24, 2.45) is 0 Å². The third kappa shape index (κ3) is 19.4. The summed E-state index contributed by atoms with van der Waals surface area (Å²) >= 11 is 0. The lowest BCUT2D eigenvalue weighted by Crippen LogP contribution is -2.54. The smallest absolute Gasteiger partial charge is 0.264 e. The predicted molar refractivity (Wildman–Crippen MR) is 300 cm³/mol. The Labute approximate surface area is 476 Å². The molecule has 1 unspecified atom stereocenters. The van der Waals surface area contributed by atoms with Crippen molar-refractivity contribution in [3.63, 3.8) is 0 Å². The van der Waals surface area contributed by atoms with E-state index in [1.54, 1.807) is 53.5 Å². The normalized spacial score (nSPS) is 14.7. The van der Waals surface area contributed by atoms with Gasteiger partial charge in [-0.05, 0) is 66.3 Å². The number of hydrogen-bond acceptors (Lipinski definition) is 18. The molecule has 6 amide bonds. The van der Waals surface area contributed by atoms with Crippen LogP contribution < -0.4 is 26.6 Å². The summed E-state index contributed by atoms with van der Waals surface area (Å²) in [7, 11) is 0. The number of aryl methyl sites for hydroxylation is 1. The van der Waals surface area contributed by atoms with Gasteiger partial charge in [0.25, 0.3) is 11.8 Å². The monoisotopic (exact) mass is 1130 g/mol. The molecule has 0 aliphatic carbocycles. The molecule has 2 aromatic heterocycles. The Morgan fingerprint density at radius 2 is 1.34 bits per heavy atom. The third-order valence-electron chi connectivity index (χ3n) is 13.2. The quantitative estimate of drug-likeness (QED) is 0.0270. The number of piperidine rings is 1. The van der Waals surface area contributed by atoms with E-state index >= 15 is 0 Å². The lowest BCUT2D eigenvalue weighted by Gasteiger charge is -2.27. The highest BCUT2D eigenvalue weighted by atomic mass is 16.6. The molecule has 23 nitrogen and oxygen atoms in total. The fourth-order valence-corrected chi connectivity index (χ4v) is 8.87. The van der Waals surface area contributed by atoms with Gasteiger partial charge < -0.3 is 54.4 Å². The highest BCUT2D eigenvalue weighted by molar-refractivity contribution is 6.25. The molecule has 2 aliphatic rings. The molecular formula is C59H72N10O13. The Bertz CT molecular complexity index is 2880. The van der Waals surface area contributed by atoms with E-state index < -0.39 is 35.7 Å². The zero-order valence-electron chi connectivity index (χ0n) is 46.1. The summed E-state index contributed by atoms with van der Waals surface area (Å²) in [6.45, 7) is 9.45. The number of anilines is 2. The average Bonchev–Trinajstić information content (AvgIpc) is 4.25. The number of rotatable bonds is 38. The van der Waals surface area contributed by atoms with E-state index in [9.17, 15) is 28.8 Å². The molecule has 3 aromatic carbocycles. The van der Waals surface area contributed by atoms with E-state index in [4.69, 9.17) is 38.4 Å². The van der Waals surface area contributed by atoms with Gasteiger partial charge in [0, 0.05) is 68.2 Å². The largest absolute Gasteiger partial charge is 0.382 e. The molecule has 23 heteroatoms. The van der Waals surface area contributed by atoms with Gasteiger partial charge in [0.15, 0.2) is 0 Å². The SMILES string of the molecule is C[C@H](CN[C@@H](C(=O)Nc1ccc(-c2cnn(CCCC(=O)NCCOCCOCCOCCOCCOCCOCCOCCNc3cccc4c3C(=O)N(C3CCC(=O)NC3=O)C4=O)c2)cn1)c1ccccc1)c1ccc(C#N)cc1. The molecule has 7 rings (SSSR count). The lowest BCUT2D eigenvalue weighted by atomic mass is 9.98. The number of nitriles is 1. The van der Waals surface area contributed by atoms with Crippen molar-refractivity contribution in [2.45, 2.75) is 57.2 Å². The zero-order chi connectivity index (χ0) is 57.7. The Hall–Kier alpha value is -7.79. The van der Waals surface area contributed by atoms with Gasteiger partial charge >= 0.3 is 0 Å². The number of nitrogens with one attached hydrogen (secondary N) is 5. The number of hydrogen-bond donors (Lipinski definition) is 5. The van der Waals surface area contributed by atoms with Gasteiger partial charge in [0.05, 0.1) is 121 Å². The molecule has 0 bridgehead atoms. The summed E-state index contributed by atoms with van der Waals surface area (Å²) in [5.74, 6) is -1.99. The first kappa shape index (κ1) is 61.8. The fraction of sp³-hybridized carbons (Fsp3) is 0.441. The van der Waals surface area contributed by atoms with E-state index in [0.717, 1.165) is 27.2 Å². The second-order valence-electron chi connectivity index (χ2n) is 19.1. The first-order valence-electron chi connectivity index (χ1n) is 27.6. The van der Waals surface area contributed by atoms with Crippen LogP contribution >= 0.6 is 0 Å². The van der Waals surface area contributed by atoms with Crippen LogP contribution in [0.25, 0.3) is 11.1 Å². The van der Waals surface area contributed by atoms with E-state index in [1.807, 2.05) is 54.7 Å². The Morgan fingerprint density at radius 1 is 0.707 bits per heavy atom. The molecule has 1 fully saturated rings. The first-order chi connectivity index (χ1) is 40.1. The number of benzene rings is 3. The van der Waals surface area contributed by atoms with Crippen molar-refractivity contribution in [1.82, 2.24) is 35.6 Å². The van der Waals surface area contributed by atoms with Crippen LogP contribution in [0, 0.1) is 11.3 Å². The molecule has 436 valence electrons. The van der Waals surface area contributed by atoms with Gasteiger partial charge in [-0.25, -0.2) is 4.98 Å². The van der Waals surface area contributed by atoms with Gasteiger partial charge in [0.1, 0.15) is 17.9 Å². The summed E-state index contributed by atoms with van der Waals surface area (Å²) in [6.07, 6.45) is 6.43. The molecule has 82 heavy (non-hydrogen) atoms. The summed E-state index contributed by atoms with van der Waals surface area (Å²) in [6, 6.07) is 26.0. The number of carbonyl (C=O) groups is 6. The van der Waals surface area contributed by atoms with Gasteiger partial charge in [-0.15, -0.1) is 0 Å². The number of aromatic nitrogens is 3. The molecular weight excluding hydrogens is 1060 g/mol. The van der Waals surface area contributed by atoms with Gasteiger partial charge in [-0.1, -0.05) is 55.5 Å². The number of carbonyl (C=O) groups excluding carboxylic acids is 6. The van der Waals surface area contributed by atoms with Gasteiger partial charge in [-0.3, -0.25) is 43.7 Å². The second kappa shape index (κ2) is 33.8. The Balaban J connectivity index is 0.617. The van der Waals surface area contributed by atoms with Crippen molar-refractivity contribution in [3.05, 3.63) is 131 Å². The Kier molecular flexibility index (Phi) is 25.5. The van der Waals surface area contributed by atoms with Crippen molar-refractivity contribution in [3.8, 4) is 17.2 Å². The van der Waals surface area contributed by atoms with E-state index in [-0.39, 0.29) is 41.7 Å². The minimum atomic E-state index is -1.02. The molecule has 5 aromatic rings. The van der Waals surface area contributed by atoms with Crippen LogP contribution in [0.1, 0.15) is 82.0 Å². The number of nitrogens with zero attached hydrogens (tertiary/aromatic N) is 5. The van der Waals surface area contributed by atoms with E-state index in [2.05, 4.69) is 49.7 Å². The van der Waals surface area contributed by atoms with Crippen molar-refractivity contribution in [2.75, 3.05) is 123 Å². The third-order valence-corrected chi connectivity index (χ3v) is 13.2. The summed E-state index contributed by atoms with van der Waals surface area (Å²) in [4.78, 5) is 81.6. The highest BCUT2D eigenvalue weighted by Crippen LogP contribution is 2.32. The molecule has 4 heterocycles. The molecule has 1 saturated heterocycles. The Morgan fingerprint density at radius 3 is 1.95 bits per heavy atom. The van der Waals surface area contributed by atoms with Gasteiger partial charge in [0.2, 0.25) is 23.6 Å². The van der Waals surface area contributed by atoms with Crippen LogP contribution in [-0.4, -0.2) is 173 Å². The van der Waals surface area contributed by atoms with Gasteiger partial charge in [-0.2, -0.15) is 10.4 Å². The molecule has 5 N–H and O–H groups in total. The summed E-state index contributed by atoms with van der Waals surface area (Å²) in [5.41, 5.74) is 5.07. The number of ether oxygens (including phenoxy) is 7. The predicted octanol–water partition coefficient (Wildman–Crippen LogP) is 4.42. The topological polar surface area (TPSA) is 285 Å². The van der Waals surface area contributed by atoms with Crippen molar-refractivity contribution in [1.29, 1.82) is 5.26 Å². The molecule has 3 atom stereocenters. The average molecular weight is 1130 g/mol. The number of fused-ring (bicyclic) bond motifs is 1. The summed E-state index contributed by atoms with van der Waals surface area (Å²) < 4.78 is 40.7. The van der Waals surface area contributed by atoms with Crippen LogP contribution in [0.4, 0.5) is 11.5 Å². The lowest BCUT2D eigenvalue weighted by molar-refractivity contribution is -0.136. The maximum atomic E-state index is 13.6. The van der Waals surface area contributed by atoms with Crippen LogP contribution in [0.5, 0.6) is 0 Å². The molecule has 0 saturated carbocycles. The van der Waals surface area contributed by atoms with E-state index in [1.165, 1.54) is 0 Å². The minimum absolute atomic E-state index is 0.0547. The van der Waals surface area contributed by atoms with Crippen LogP contribution in [0.15, 0.2) is 104 Å². The van der Waals surface area contributed by atoms with E-state index in [0.29, 0.717) is 149 Å². The highest BCUT2D eigenvalue weighted by Gasteiger charge is 2.45. The summed E-state index contributed by atoms with van der Waals surface area (Å²) in [5, 5.41) is 28.2. The molecule has 2 aliphatic heterocycles.